The largest absolute Gasteiger partial charge is 0.449 e. The predicted molar refractivity (Wildman–Crippen MR) is 109 cm³/mol. The molecule has 1 aliphatic carbocycles. The number of hydrogen-bond acceptors (Lipinski definition) is 5. The number of likely N-dealkylation sites (N-methyl/N-ethyl adjacent to an activating group) is 1. The topological polar surface area (TPSA) is 68.8 Å². The van der Waals surface area contributed by atoms with Gasteiger partial charge in [0.25, 0.3) is 0 Å². The van der Waals surface area contributed by atoms with Crippen molar-refractivity contribution in [1.29, 1.82) is 0 Å². The first-order valence-corrected chi connectivity index (χ1v) is 9.70. The summed E-state index contributed by atoms with van der Waals surface area (Å²) in [7, 11) is 1.88. The highest BCUT2D eigenvalue weighted by atomic mass is 16.5. The fraction of sp³-hybridized carbons (Fsp3) is 0.409. The minimum absolute atomic E-state index is 0.0733. The Hall–Kier alpha value is -2.41. The van der Waals surface area contributed by atoms with Gasteiger partial charge in [-0.1, -0.05) is 48.5 Å². The van der Waals surface area contributed by atoms with Crippen molar-refractivity contribution in [3.8, 4) is 11.1 Å². The normalized spacial score (nSPS) is 12.5. The van der Waals surface area contributed by atoms with Crippen molar-refractivity contribution in [3.05, 3.63) is 59.7 Å². The van der Waals surface area contributed by atoms with E-state index in [1.165, 1.54) is 22.3 Å². The maximum Gasteiger partial charge on any atom is 0.407 e. The molecule has 0 fully saturated rings. The Morgan fingerprint density at radius 3 is 2.04 bits per heavy atom. The van der Waals surface area contributed by atoms with Crippen LogP contribution in [0.3, 0.4) is 0 Å². The van der Waals surface area contributed by atoms with Gasteiger partial charge < -0.3 is 24.8 Å². The van der Waals surface area contributed by atoms with E-state index in [1.807, 2.05) is 31.3 Å². The molecule has 28 heavy (non-hydrogen) atoms. The summed E-state index contributed by atoms with van der Waals surface area (Å²) in [6.07, 6.45) is -0.421. The van der Waals surface area contributed by atoms with E-state index in [0.717, 1.165) is 6.54 Å². The molecule has 6 heteroatoms. The van der Waals surface area contributed by atoms with Crippen LogP contribution in [0, 0.1) is 0 Å². The van der Waals surface area contributed by atoms with Crippen LogP contribution in [0.1, 0.15) is 17.0 Å². The maximum atomic E-state index is 12.0. The van der Waals surface area contributed by atoms with Crippen LogP contribution in [-0.2, 0) is 14.2 Å². The van der Waals surface area contributed by atoms with Crippen molar-refractivity contribution in [2.24, 2.45) is 0 Å². The average Bonchev–Trinajstić information content (AvgIpc) is 3.05. The Morgan fingerprint density at radius 2 is 1.43 bits per heavy atom. The number of carbonyl (C=O) groups excluding carboxylic acids is 1. The lowest BCUT2D eigenvalue weighted by molar-refractivity contribution is 0.0497. The van der Waals surface area contributed by atoms with Gasteiger partial charge in [0.2, 0.25) is 0 Å². The third kappa shape index (κ3) is 5.32. The summed E-state index contributed by atoms with van der Waals surface area (Å²) >= 11 is 0. The molecule has 1 aliphatic rings. The second kappa shape index (κ2) is 10.8. The molecule has 0 saturated carbocycles. The van der Waals surface area contributed by atoms with Gasteiger partial charge in [-0.2, -0.15) is 0 Å². The molecule has 0 bridgehead atoms. The van der Waals surface area contributed by atoms with Gasteiger partial charge in [0, 0.05) is 19.0 Å². The molecule has 3 rings (SSSR count). The summed E-state index contributed by atoms with van der Waals surface area (Å²) in [5.41, 5.74) is 4.85. The summed E-state index contributed by atoms with van der Waals surface area (Å²) in [5.74, 6) is 0.0733. The molecule has 0 spiro atoms. The first-order valence-electron chi connectivity index (χ1n) is 9.70. The number of nitrogens with one attached hydrogen (secondary N) is 2. The van der Waals surface area contributed by atoms with Crippen molar-refractivity contribution in [2.75, 3.05) is 53.2 Å². The monoisotopic (exact) mass is 384 g/mol. The molecular weight excluding hydrogens is 356 g/mol. The number of benzene rings is 2. The van der Waals surface area contributed by atoms with E-state index < -0.39 is 6.09 Å². The molecule has 150 valence electrons. The number of hydrogen-bond donors (Lipinski definition) is 2. The Bertz CT molecular complexity index is 720. The number of carbonyl (C=O) groups is 1. The lowest BCUT2D eigenvalue weighted by Gasteiger charge is -2.14. The molecule has 0 aromatic heterocycles. The molecule has 0 radical (unpaired) electrons. The van der Waals surface area contributed by atoms with Crippen molar-refractivity contribution in [2.45, 2.75) is 5.92 Å². The zero-order valence-electron chi connectivity index (χ0n) is 16.3. The highest BCUT2D eigenvalue weighted by Crippen LogP contribution is 2.44. The summed E-state index contributed by atoms with van der Waals surface area (Å²) < 4.78 is 16.2. The van der Waals surface area contributed by atoms with Crippen molar-refractivity contribution in [3.63, 3.8) is 0 Å². The Balaban J connectivity index is 1.37. The number of rotatable bonds is 11. The molecular formula is C22H28N2O4. The average molecular weight is 384 g/mol. The third-order valence-corrected chi connectivity index (χ3v) is 4.73. The molecule has 0 unspecified atom stereocenters. The zero-order chi connectivity index (χ0) is 19.6. The van der Waals surface area contributed by atoms with Crippen LogP contribution in [0.15, 0.2) is 48.5 Å². The molecule has 0 aliphatic heterocycles. The summed E-state index contributed by atoms with van der Waals surface area (Å²) in [6, 6.07) is 16.6. The minimum atomic E-state index is -0.421. The smallest absolute Gasteiger partial charge is 0.407 e. The Morgan fingerprint density at radius 1 is 0.857 bits per heavy atom. The van der Waals surface area contributed by atoms with Crippen LogP contribution in [0.5, 0.6) is 0 Å². The van der Waals surface area contributed by atoms with E-state index in [2.05, 4.69) is 34.9 Å². The van der Waals surface area contributed by atoms with E-state index in [0.29, 0.717) is 39.6 Å². The van der Waals surface area contributed by atoms with E-state index in [9.17, 15) is 4.79 Å². The van der Waals surface area contributed by atoms with Gasteiger partial charge in [-0.15, -0.1) is 0 Å². The Kier molecular flexibility index (Phi) is 7.84. The summed E-state index contributed by atoms with van der Waals surface area (Å²) in [6.45, 7) is 3.71. The lowest BCUT2D eigenvalue weighted by atomic mass is 9.98. The lowest BCUT2D eigenvalue weighted by Crippen LogP contribution is -2.29. The minimum Gasteiger partial charge on any atom is -0.449 e. The van der Waals surface area contributed by atoms with E-state index in [-0.39, 0.29) is 5.92 Å². The van der Waals surface area contributed by atoms with Gasteiger partial charge in [-0.3, -0.25) is 0 Å². The van der Waals surface area contributed by atoms with Crippen LogP contribution in [0.25, 0.3) is 11.1 Å². The van der Waals surface area contributed by atoms with E-state index in [1.54, 1.807) is 0 Å². The van der Waals surface area contributed by atoms with E-state index in [4.69, 9.17) is 14.2 Å². The van der Waals surface area contributed by atoms with Crippen molar-refractivity contribution in [1.82, 2.24) is 10.6 Å². The molecule has 0 heterocycles. The highest BCUT2D eigenvalue weighted by Gasteiger charge is 2.28. The number of amides is 1. The highest BCUT2D eigenvalue weighted by molar-refractivity contribution is 5.79. The standard InChI is InChI=1S/C22H28N2O4/c1-23-10-12-26-14-15-27-13-11-24-22(25)28-16-21-19-8-4-2-6-17(19)18-7-3-5-9-20(18)21/h2-9,21,23H,10-16H2,1H3,(H,24,25). The van der Waals surface area contributed by atoms with Gasteiger partial charge in [0.15, 0.2) is 0 Å². The SMILES string of the molecule is CNCCOCCOCCNC(=O)OCC1c2ccccc2-c2ccccc21. The van der Waals surface area contributed by atoms with Crippen LogP contribution in [-0.4, -0.2) is 59.3 Å². The van der Waals surface area contributed by atoms with Crippen LogP contribution in [0.4, 0.5) is 4.79 Å². The van der Waals surface area contributed by atoms with Gasteiger partial charge in [-0.05, 0) is 29.3 Å². The summed E-state index contributed by atoms with van der Waals surface area (Å²) in [5, 5.41) is 5.74. The maximum absolute atomic E-state index is 12.0. The quantitative estimate of drug-likeness (QED) is 0.583. The van der Waals surface area contributed by atoms with Gasteiger partial charge in [0.05, 0.1) is 26.4 Å². The molecule has 2 aromatic rings. The van der Waals surface area contributed by atoms with Gasteiger partial charge in [-0.25, -0.2) is 4.79 Å². The first-order chi connectivity index (χ1) is 13.8. The molecule has 0 saturated heterocycles. The fourth-order valence-corrected chi connectivity index (χ4v) is 3.37. The van der Waals surface area contributed by atoms with Gasteiger partial charge >= 0.3 is 6.09 Å². The second-order valence-corrected chi connectivity index (χ2v) is 6.58. The van der Waals surface area contributed by atoms with Crippen LogP contribution in [0.2, 0.25) is 0 Å². The number of fused-ring (bicyclic) bond motifs is 3. The van der Waals surface area contributed by atoms with E-state index >= 15 is 0 Å². The molecule has 6 nitrogen and oxygen atoms in total. The molecule has 1 amide bonds. The van der Waals surface area contributed by atoms with Crippen LogP contribution < -0.4 is 10.6 Å². The molecule has 2 aromatic carbocycles. The predicted octanol–water partition coefficient (Wildman–Crippen LogP) is 2.78. The van der Waals surface area contributed by atoms with Crippen molar-refractivity contribution < 1.29 is 19.0 Å². The first kappa shape index (κ1) is 20.3. The van der Waals surface area contributed by atoms with Crippen LogP contribution >= 0.6 is 0 Å². The number of ether oxygens (including phenoxy) is 3. The summed E-state index contributed by atoms with van der Waals surface area (Å²) in [4.78, 5) is 12.0. The van der Waals surface area contributed by atoms with Gasteiger partial charge in [0.1, 0.15) is 6.61 Å². The van der Waals surface area contributed by atoms with Crippen molar-refractivity contribution >= 4 is 6.09 Å². The second-order valence-electron chi connectivity index (χ2n) is 6.58. The zero-order valence-corrected chi connectivity index (χ0v) is 16.3. The fourth-order valence-electron chi connectivity index (χ4n) is 3.37. The third-order valence-electron chi connectivity index (χ3n) is 4.73. The number of alkyl carbamates (subject to hydrolysis) is 1. The molecule has 2 N–H and O–H groups in total. The molecule has 0 atom stereocenters. The Labute approximate surface area is 166 Å².